The van der Waals surface area contributed by atoms with E-state index in [4.69, 9.17) is 15.2 Å². The van der Waals surface area contributed by atoms with E-state index in [-0.39, 0.29) is 11.8 Å². The molecular formula is C13H20N2O3. The predicted molar refractivity (Wildman–Crippen MR) is 71.1 cm³/mol. The largest absolute Gasteiger partial charge is 0.493 e. The molecule has 1 rings (SSSR count). The third-order valence-corrected chi connectivity index (χ3v) is 2.79. The molecule has 18 heavy (non-hydrogen) atoms. The maximum Gasteiger partial charge on any atom is 0.228 e. The minimum absolute atomic E-state index is 0.104. The molecular weight excluding hydrogens is 232 g/mol. The van der Waals surface area contributed by atoms with Crippen molar-refractivity contribution >= 4 is 11.6 Å². The van der Waals surface area contributed by atoms with Crippen LogP contribution in [0.15, 0.2) is 12.1 Å². The molecule has 1 unspecified atom stereocenters. The number of nitrogens with two attached hydrogens (primary N) is 1. The summed E-state index contributed by atoms with van der Waals surface area (Å²) in [5.74, 6) is 0.893. The molecule has 0 radical (unpaired) electrons. The van der Waals surface area contributed by atoms with Crippen LogP contribution in [0.2, 0.25) is 0 Å². The smallest absolute Gasteiger partial charge is 0.228 e. The van der Waals surface area contributed by atoms with Gasteiger partial charge >= 0.3 is 0 Å². The van der Waals surface area contributed by atoms with E-state index in [1.807, 2.05) is 13.0 Å². The highest BCUT2D eigenvalue weighted by molar-refractivity contribution is 5.93. The molecule has 5 nitrogen and oxygen atoms in total. The van der Waals surface area contributed by atoms with Crippen LogP contribution in [0, 0.1) is 12.8 Å². The number of hydrogen-bond donors (Lipinski definition) is 2. The molecule has 0 saturated carbocycles. The van der Waals surface area contributed by atoms with Crippen LogP contribution in [0.25, 0.3) is 0 Å². The van der Waals surface area contributed by atoms with Gasteiger partial charge < -0.3 is 20.5 Å². The Morgan fingerprint density at radius 2 is 1.89 bits per heavy atom. The molecule has 0 aliphatic rings. The van der Waals surface area contributed by atoms with Crippen LogP contribution in [-0.2, 0) is 4.79 Å². The number of aryl methyl sites for hydroxylation is 1. The van der Waals surface area contributed by atoms with Crippen molar-refractivity contribution in [1.29, 1.82) is 0 Å². The van der Waals surface area contributed by atoms with E-state index in [1.54, 1.807) is 27.2 Å². The van der Waals surface area contributed by atoms with Gasteiger partial charge in [-0.15, -0.1) is 0 Å². The maximum absolute atomic E-state index is 11.8. The predicted octanol–water partition coefficient (Wildman–Crippen LogP) is 1.55. The second kappa shape index (κ2) is 6.26. The van der Waals surface area contributed by atoms with Crippen LogP contribution in [-0.4, -0.2) is 26.7 Å². The molecule has 0 aromatic heterocycles. The monoisotopic (exact) mass is 252 g/mol. The summed E-state index contributed by atoms with van der Waals surface area (Å²) in [6.45, 7) is 3.99. The number of ether oxygens (including phenoxy) is 2. The van der Waals surface area contributed by atoms with Crippen LogP contribution in [0.5, 0.6) is 11.5 Å². The van der Waals surface area contributed by atoms with E-state index in [0.29, 0.717) is 23.7 Å². The molecule has 0 bridgehead atoms. The molecule has 0 heterocycles. The SMILES string of the molecule is COc1cc(C)c(NC(=O)C(C)CN)cc1OC. The zero-order valence-electron chi connectivity index (χ0n) is 11.2. The van der Waals surface area contributed by atoms with E-state index >= 15 is 0 Å². The molecule has 1 aromatic rings. The molecule has 100 valence electrons. The van der Waals surface area contributed by atoms with Crippen molar-refractivity contribution in [3.8, 4) is 11.5 Å². The van der Waals surface area contributed by atoms with Gasteiger partial charge in [-0.1, -0.05) is 6.92 Å². The summed E-state index contributed by atoms with van der Waals surface area (Å²) >= 11 is 0. The second-order valence-corrected chi connectivity index (χ2v) is 4.15. The van der Waals surface area contributed by atoms with Crippen molar-refractivity contribution in [2.75, 3.05) is 26.1 Å². The number of carbonyl (C=O) groups excluding carboxylic acids is 1. The minimum Gasteiger partial charge on any atom is -0.493 e. The lowest BCUT2D eigenvalue weighted by Gasteiger charge is -2.15. The van der Waals surface area contributed by atoms with Crippen LogP contribution < -0.4 is 20.5 Å². The van der Waals surface area contributed by atoms with Crippen molar-refractivity contribution in [3.05, 3.63) is 17.7 Å². The van der Waals surface area contributed by atoms with Crippen LogP contribution in [0.1, 0.15) is 12.5 Å². The number of nitrogens with one attached hydrogen (secondary N) is 1. The van der Waals surface area contributed by atoms with E-state index in [2.05, 4.69) is 5.32 Å². The van der Waals surface area contributed by atoms with Crippen molar-refractivity contribution in [2.45, 2.75) is 13.8 Å². The summed E-state index contributed by atoms with van der Waals surface area (Å²) in [7, 11) is 3.13. The number of carbonyl (C=O) groups is 1. The summed E-state index contributed by atoms with van der Waals surface area (Å²) in [4.78, 5) is 11.8. The van der Waals surface area contributed by atoms with Gasteiger partial charge in [0.1, 0.15) is 0 Å². The van der Waals surface area contributed by atoms with Crippen molar-refractivity contribution in [1.82, 2.24) is 0 Å². The fraction of sp³-hybridized carbons (Fsp3) is 0.462. The number of hydrogen-bond acceptors (Lipinski definition) is 4. The first-order valence-electron chi connectivity index (χ1n) is 5.77. The summed E-state index contributed by atoms with van der Waals surface area (Å²) in [5.41, 5.74) is 7.07. The van der Waals surface area contributed by atoms with Crippen LogP contribution >= 0.6 is 0 Å². The van der Waals surface area contributed by atoms with Gasteiger partial charge in [0.25, 0.3) is 0 Å². The van der Waals surface area contributed by atoms with E-state index < -0.39 is 0 Å². The molecule has 1 amide bonds. The Kier molecular flexibility index (Phi) is 4.97. The lowest BCUT2D eigenvalue weighted by atomic mass is 10.1. The van der Waals surface area contributed by atoms with Gasteiger partial charge in [0.2, 0.25) is 5.91 Å². The van der Waals surface area contributed by atoms with Gasteiger partial charge in [0, 0.05) is 24.2 Å². The summed E-state index contributed by atoms with van der Waals surface area (Å²) in [6, 6.07) is 3.57. The van der Waals surface area contributed by atoms with Gasteiger partial charge in [0.15, 0.2) is 11.5 Å². The number of rotatable bonds is 5. The minimum atomic E-state index is -0.225. The highest BCUT2D eigenvalue weighted by Gasteiger charge is 2.14. The molecule has 0 aliphatic carbocycles. The van der Waals surface area contributed by atoms with Crippen LogP contribution in [0.4, 0.5) is 5.69 Å². The average molecular weight is 252 g/mol. The van der Waals surface area contributed by atoms with Gasteiger partial charge in [-0.05, 0) is 18.6 Å². The summed E-state index contributed by atoms with van der Waals surface area (Å²) in [6.07, 6.45) is 0. The Balaban J connectivity index is 2.99. The fourth-order valence-corrected chi connectivity index (χ4v) is 1.48. The molecule has 0 spiro atoms. The fourth-order valence-electron chi connectivity index (χ4n) is 1.48. The van der Waals surface area contributed by atoms with Gasteiger partial charge in [-0.3, -0.25) is 4.79 Å². The van der Waals surface area contributed by atoms with E-state index in [0.717, 1.165) is 5.56 Å². The maximum atomic E-state index is 11.8. The Morgan fingerprint density at radius 1 is 1.33 bits per heavy atom. The molecule has 1 aromatic carbocycles. The lowest BCUT2D eigenvalue weighted by Crippen LogP contribution is -2.27. The molecule has 5 heteroatoms. The van der Waals surface area contributed by atoms with Gasteiger partial charge in [-0.2, -0.15) is 0 Å². The Hall–Kier alpha value is -1.75. The standard InChI is InChI=1S/C13H20N2O3/c1-8-5-11(17-3)12(18-4)6-10(8)15-13(16)9(2)7-14/h5-6,9H,7,14H2,1-4H3,(H,15,16). The first-order chi connectivity index (χ1) is 8.53. The molecule has 0 aliphatic heterocycles. The number of anilines is 1. The Morgan fingerprint density at radius 3 is 2.39 bits per heavy atom. The van der Waals surface area contributed by atoms with E-state index in [1.165, 1.54) is 0 Å². The van der Waals surface area contributed by atoms with Gasteiger partial charge in [-0.25, -0.2) is 0 Å². The summed E-state index contributed by atoms with van der Waals surface area (Å²) in [5, 5.41) is 2.83. The Bertz CT molecular complexity index is 432. The highest BCUT2D eigenvalue weighted by atomic mass is 16.5. The molecule has 0 fully saturated rings. The average Bonchev–Trinajstić information content (AvgIpc) is 2.39. The lowest BCUT2D eigenvalue weighted by molar-refractivity contribution is -0.119. The first-order valence-corrected chi connectivity index (χ1v) is 5.77. The quantitative estimate of drug-likeness (QED) is 0.833. The third kappa shape index (κ3) is 3.13. The first kappa shape index (κ1) is 14.3. The Labute approximate surface area is 107 Å². The van der Waals surface area contributed by atoms with Crippen molar-refractivity contribution in [3.63, 3.8) is 0 Å². The zero-order chi connectivity index (χ0) is 13.7. The van der Waals surface area contributed by atoms with E-state index in [9.17, 15) is 4.79 Å². The number of benzene rings is 1. The molecule has 1 atom stereocenters. The van der Waals surface area contributed by atoms with Gasteiger partial charge in [0.05, 0.1) is 14.2 Å². The zero-order valence-corrected chi connectivity index (χ0v) is 11.2. The van der Waals surface area contributed by atoms with Crippen molar-refractivity contribution < 1.29 is 14.3 Å². The normalized spacial score (nSPS) is 11.8. The molecule has 3 N–H and O–H groups in total. The number of methoxy groups -OCH3 is 2. The second-order valence-electron chi connectivity index (χ2n) is 4.15. The third-order valence-electron chi connectivity index (χ3n) is 2.79. The molecule has 0 saturated heterocycles. The summed E-state index contributed by atoms with van der Waals surface area (Å²) < 4.78 is 10.4. The highest BCUT2D eigenvalue weighted by Crippen LogP contribution is 2.32. The van der Waals surface area contributed by atoms with Crippen molar-refractivity contribution in [2.24, 2.45) is 11.7 Å². The van der Waals surface area contributed by atoms with Crippen LogP contribution in [0.3, 0.4) is 0 Å². The number of amides is 1. The topological polar surface area (TPSA) is 73.6 Å².